The quantitative estimate of drug-likeness (QED) is 0.513. The van der Waals surface area contributed by atoms with Gasteiger partial charge in [-0.2, -0.15) is 0 Å². The van der Waals surface area contributed by atoms with E-state index in [1.54, 1.807) is 0 Å². The lowest BCUT2D eigenvalue weighted by atomic mass is 10.1. The average Bonchev–Trinajstić information content (AvgIpc) is 2.15. The lowest BCUT2D eigenvalue weighted by molar-refractivity contribution is -0.110. The molecule has 1 heterocycles. The number of carbonyl (C=O) groups excluding carboxylic acids is 1. The molecule has 1 fully saturated rings. The predicted octanol–water partition coefficient (Wildman–Crippen LogP) is 2.84. The molecule has 0 aliphatic carbocycles. The maximum absolute atomic E-state index is 11.0. The molecule has 0 aromatic rings. The summed E-state index contributed by atoms with van der Waals surface area (Å²) in [5.74, 6) is 0. The van der Waals surface area contributed by atoms with Crippen LogP contribution in [-0.2, 0) is 4.79 Å². The fourth-order valence-corrected chi connectivity index (χ4v) is 3.38. The summed E-state index contributed by atoms with van der Waals surface area (Å²) < 4.78 is 0. The van der Waals surface area contributed by atoms with Crippen LogP contribution in [0.2, 0.25) is 0 Å². The fraction of sp³-hybridized carbons (Fsp3) is 0.889. The van der Waals surface area contributed by atoms with E-state index in [2.05, 4.69) is 12.6 Å². The molecule has 0 aromatic heterocycles. The van der Waals surface area contributed by atoms with Gasteiger partial charge in [0.1, 0.15) is 0 Å². The van der Waals surface area contributed by atoms with Crippen LogP contribution >= 0.6 is 21.2 Å². The van der Waals surface area contributed by atoms with Gasteiger partial charge in [-0.05, 0) is 19.0 Å². The van der Waals surface area contributed by atoms with Crippen molar-refractivity contribution in [1.29, 1.82) is 0 Å². The lowest BCUT2D eigenvalue weighted by Gasteiger charge is -2.10. The highest BCUT2D eigenvalue weighted by atomic mass is 32.1. The fourth-order valence-electron chi connectivity index (χ4n) is 1.59. The highest BCUT2D eigenvalue weighted by Gasteiger charge is 2.14. The van der Waals surface area contributed by atoms with E-state index in [1.165, 1.54) is 38.3 Å². The molecule has 2 atom stereocenters. The van der Waals surface area contributed by atoms with Crippen LogP contribution in [0.15, 0.2) is 0 Å². The molecule has 1 nitrogen and oxygen atoms in total. The highest BCUT2D eigenvalue weighted by Crippen LogP contribution is 2.29. The molecule has 3 heteroatoms. The SMILES string of the molecule is O=C(S)C1CCCCCCCP1. The Morgan fingerprint density at radius 3 is 2.58 bits per heavy atom. The van der Waals surface area contributed by atoms with Crippen molar-refractivity contribution < 1.29 is 4.79 Å². The van der Waals surface area contributed by atoms with Crippen LogP contribution in [0.1, 0.15) is 38.5 Å². The van der Waals surface area contributed by atoms with Crippen LogP contribution in [0.25, 0.3) is 0 Å². The van der Waals surface area contributed by atoms with Gasteiger partial charge in [0.25, 0.3) is 0 Å². The van der Waals surface area contributed by atoms with Gasteiger partial charge in [0, 0.05) is 5.66 Å². The smallest absolute Gasteiger partial charge is 0.192 e. The van der Waals surface area contributed by atoms with Crippen molar-refractivity contribution in [3.8, 4) is 0 Å². The number of hydrogen-bond acceptors (Lipinski definition) is 1. The van der Waals surface area contributed by atoms with E-state index in [0.717, 1.165) is 15.0 Å². The van der Waals surface area contributed by atoms with E-state index in [1.807, 2.05) is 0 Å². The Morgan fingerprint density at radius 1 is 1.17 bits per heavy atom. The highest BCUT2D eigenvalue weighted by molar-refractivity contribution is 7.97. The van der Waals surface area contributed by atoms with Crippen molar-refractivity contribution in [2.24, 2.45) is 0 Å². The molecular weight excluding hydrogens is 187 g/mol. The van der Waals surface area contributed by atoms with Gasteiger partial charge in [-0.1, -0.05) is 25.7 Å². The Balaban J connectivity index is 2.33. The summed E-state index contributed by atoms with van der Waals surface area (Å²) in [5.41, 5.74) is 0.284. The van der Waals surface area contributed by atoms with Crippen molar-refractivity contribution >= 4 is 26.3 Å². The van der Waals surface area contributed by atoms with Gasteiger partial charge in [-0.3, -0.25) is 4.79 Å². The first-order valence-electron chi connectivity index (χ1n) is 4.77. The summed E-state index contributed by atoms with van der Waals surface area (Å²) in [4.78, 5) is 11.0. The van der Waals surface area contributed by atoms with E-state index in [0.29, 0.717) is 0 Å². The molecule has 70 valence electrons. The first-order chi connectivity index (χ1) is 5.80. The number of thiol groups is 1. The minimum absolute atomic E-state index is 0.121. The predicted molar refractivity (Wildman–Crippen MR) is 58.7 cm³/mol. The summed E-state index contributed by atoms with van der Waals surface area (Å²) in [6, 6.07) is 0. The lowest BCUT2D eigenvalue weighted by Crippen LogP contribution is -2.09. The summed E-state index contributed by atoms with van der Waals surface area (Å²) in [6.07, 6.45) is 8.90. The van der Waals surface area contributed by atoms with Gasteiger partial charge in [-0.25, -0.2) is 0 Å². The molecule has 1 aliphatic rings. The zero-order valence-electron chi connectivity index (χ0n) is 7.38. The normalized spacial score (nSPS) is 28.9. The molecule has 0 aromatic carbocycles. The van der Waals surface area contributed by atoms with Gasteiger partial charge in [0.15, 0.2) is 5.12 Å². The summed E-state index contributed by atoms with van der Waals surface area (Å²) >= 11 is 3.93. The number of hydrogen-bond donors (Lipinski definition) is 1. The second kappa shape index (κ2) is 5.99. The third kappa shape index (κ3) is 3.91. The van der Waals surface area contributed by atoms with Crippen LogP contribution < -0.4 is 0 Å². The van der Waals surface area contributed by atoms with Gasteiger partial charge in [0.2, 0.25) is 0 Å². The maximum Gasteiger partial charge on any atom is 0.192 e. The second-order valence-corrected chi connectivity index (χ2v) is 5.45. The summed E-state index contributed by atoms with van der Waals surface area (Å²) in [6.45, 7) is 0. The maximum atomic E-state index is 11.0. The molecule has 0 amide bonds. The Morgan fingerprint density at radius 2 is 1.83 bits per heavy atom. The zero-order valence-corrected chi connectivity index (χ0v) is 9.28. The molecule has 0 bridgehead atoms. The first kappa shape index (κ1) is 10.5. The summed E-state index contributed by atoms with van der Waals surface area (Å²) in [5, 5.41) is 0.121. The topological polar surface area (TPSA) is 17.1 Å². The molecule has 0 saturated carbocycles. The van der Waals surface area contributed by atoms with Crippen molar-refractivity contribution in [2.75, 3.05) is 6.16 Å². The van der Waals surface area contributed by atoms with Crippen LogP contribution in [-0.4, -0.2) is 16.9 Å². The molecule has 1 rings (SSSR count). The van der Waals surface area contributed by atoms with E-state index in [4.69, 9.17) is 0 Å². The van der Waals surface area contributed by atoms with Gasteiger partial charge in [0.05, 0.1) is 0 Å². The molecule has 1 saturated heterocycles. The van der Waals surface area contributed by atoms with E-state index >= 15 is 0 Å². The molecule has 0 N–H and O–H groups in total. The Hall–Kier alpha value is 0.450. The minimum Gasteiger partial charge on any atom is -0.287 e. The minimum atomic E-state index is 0.121. The molecule has 0 radical (unpaired) electrons. The van der Waals surface area contributed by atoms with Gasteiger partial charge in [-0.15, -0.1) is 21.2 Å². The zero-order chi connectivity index (χ0) is 8.81. The third-order valence-electron chi connectivity index (χ3n) is 2.36. The second-order valence-electron chi connectivity index (χ2n) is 3.40. The first-order valence-corrected chi connectivity index (χ1v) is 6.50. The standard InChI is InChI=1S/C9H17OPS/c10-9(12)8-6-4-2-1-3-5-7-11-8/h8,11H,1-7H2,(H,10,12). The van der Waals surface area contributed by atoms with Crippen LogP contribution in [0.3, 0.4) is 0 Å². The molecular formula is C9H17OPS. The van der Waals surface area contributed by atoms with Gasteiger partial charge >= 0.3 is 0 Å². The number of carbonyl (C=O) groups is 1. The largest absolute Gasteiger partial charge is 0.287 e. The number of rotatable bonds is 1. The van der Waals surface area contributed by atoms with Crippen molar-refractivity contribution in [3.05, 3.63) is 0 Å². The molecule has 0 spiro atoms. The van der Waals surface area contributed by atoms with Crippen molar-refractivity contribution in [1.82, 2.24) is 0 Å². The van der Waals surface area contributed by atoms with Crippen LogP contribution in [0.5, 0.6) is 0 Å². The van der Waals surface area contributed by atoms with E-state index in [-0.39, 0.29) is 10.8 Å². The molecule has 12 heavy (non-hydrogen) atoms. The Bertz CT molecular complexity index is 139. The molecule has 2 unspecified atom stereocenters. The van der Waals surface area contributed by atoms with Gasteiger partial charge < -0.3 is 0 Å². The monoisotopic (exact) mass is 204 g/mol. The third-order valence-corrected chi connectivity index (χ3v) is 4.60. The van der Waals surface area contributed by atoms with Crippen molar-refractivity contribution in [2.45, 2.75) is 44.2 Å². The van der Waals surface area contributed by atoms with Crippen molar-refractivity contribution in [3.63, 3.8) is 0 Å². The Labute approximate surface area is 81.9 Å². The average molecular weight is 204 g/mol. The van der Waals surface area contributed by atoms with Crippen LogP contribution in [0, 0.1) is 0 Å². The summed E-state index contributed by atoms with van der Waals surface area (Å²) in [7, 11) is 0.831. The molecule has 1 aliphatic heterocycles. The Kier molecular flexibility index (Phi) is 5.25. The van der Waals surface area contributed by atoms with E-state index in [9.17, 15) is 4.79 Å². The van der Waals surface area contributed by atoms with E-state index < -0.39 is 0 Å². The van der Waals surface area contributed by atoms with Crippen LogP contribution in [0.4, 0.5) is 0 Å².